The van der Waals surface area contributed by atoms with Crippen molar-refractivity contribution in [3.63, 3.8) is 0 Å². The molecule has 5 heteroatoms. The number of rotatable bonds is 4. The number of hydrogen-bond donors (Lipinski definition) is 3. The van der Waals surface area contributed by atoms with Gasteiger partial charge in [-0.3, -0.25) is 0 Å². The van der Waals surface area contributed by atoms with Gasteiger partial charge in [0.25, 0.3) is 0 Å². The lowest BCUT2D eigenvalue weighted by atomic mass is 9.88. The molecule has 1 aliphatic rings. The van der Waals surface area contributed by atoms with Crippen LogP contribution in [0.3, 0.4) is 0 Å². The van der Waals surface area contributed by atoms with Crippen molar-refractivity contribution in [2.24, 2.45) is 0 Å². The molecule has 0 saturated carbocycles. The number of phenols is 1. The van der Waals surface area contributed by atoms with Crippen LogP contribution in [0, 0.1) is 6.92 Å². The van der Waals surface area contributed by atoms with Crippen molar-refractivity contribution < 1.29 is 19.7 Å². The number of H-pyrrole nitrogens is 1. The Morgan fingerprint density at radius 3 is 2.18 bits per heavy atom. The van der Waals surface area contributed by atoms with Gasteiger partial charge in [0.15, 0.2) is 0 Å². The van der Waals surface area contributed by atoms with E-state index < -0.39 is 11.6 Å². The molecule has 0 aliphatic carbocycles. The number of nitrogens with one attached hydrogen (secondary N) is 1. The van der Waals surface area contributed by atoms with Gasteiger partial charge in [0.2, 0.25) is 0 Å². The summed E-state index contributed by atoms with van der Waals surface area (Å²) in [5, 5.41) is 20.0. The number of hydrogen-bond acceptors (Lipinski definition) is 3. The SMILES string of the molecule is Cc1ccc(C2=CC(C)(C)Oc3cc(O)c(-c4ccc(-c5ccc(C(=O)O)cc5)[nH]4)cc32)cc1. The van der Waals surface area contributed by atoms with Crippen LogP contribution in [0.1, 0.15) is 40.9 Å². The van der Waals surface area contributed by atoms with Crippen LogP contribution in [0.4, 0.5) is 0 Å². The summed E-state index contributed by atoms with van der Waals surface area (Å²) in [6.45, 7) is 6.07. The third kappa shape index (κ3) is 3.97. The molecular formula is C29H25NO4. The van der Waals surface area contributed by atoms with Crippen molar-refractivity contribution in [2.75, 3.05) is 0 Å². The van der Waals surface area contributed by atoms with E-state index in [4.69, 9.17) is 9.84 Å². The number of carboxylic acids is 1. The van der Waals surface area contributed by atoms with Crippen LogP contribution < -0.4 is 4.74 Å². The molecule has 170 valence electrons. The Kier molecular flexibility index (Phi) is 5.05. The lowest BCUT2D eigenvalue weighted by Gasteiger charge is -2.32. The minimum absolute atomic E-state index is 0.120. The van der Waals surface area contributed by atoms with E-state index in [-0.39, 0.29) is 11.3 Å². The fourth-order valence-corrected chi connectivity index (χ4v) is 4.30. The maximum absolute atomic E-state index is 11.1. The van der Waals surface area contributed by atoms with Crippen molar-refractivity contribution in [2.45, 2.75) is 26.4 Å². The van der Waals surface area contributed by atoms with E-state index in [0.29, 0.717) is 11.3 Å². The lowest BCUT2D eigenvalue weighted by molar-refractivity contribution is 0.0697. The molecule has 0 amide bonds. The second-order valence-electron chi connectivity index (χ2n) is 9.16. The van der Waals surface area contributed by atoms with Gasteiger partial charge in [0.1, 0.15) is 17.1 Å². The van der Waals surface area contributed by atoms with Gasteiger partial charge in [-0.25, -0.2) is 4.79 Å². The molecule has 34 heavy (non-hydrogen) atoms. The van der Waals surface area contributed by atoms with Gasteiger partial charge in [-0.05, 0) is 73.9 Å². The van der Waals surface area contributed by atoms with Gasteiger partial charge in [-0.1, -0.05) is 42.0 Å². The Morgan fingerprint density at radius 1 is 0.853 bits per heavy atom. The maximum Gasteiger partial charge on any atom is 0.335 e. The number of aromatic hydroxyl groups is 1. The highest BCUT2D eigenvalue weighted by Crippen LogP contribution is 2.45. The number of aryl methyl sites for hydroxylation is 1. The van der Waals surface area contributed by atoms with E-state index in [9.17, 15) is 9.90 Å². The highest BCUT2D eigenvalue weighted by atomic mass is 16.5. The molecule has 2 heterocycles. The van der Waals surface area contributed by atoms with Gasteiger partial charge in [0, 0.05) is 28.6 Å². The minimum atomic E-state index is -0.958. The molecule has 5 rings (SSSR count). The van der Waals surface area contributed by atoms with E-state index in [1.165, 1.54) is 5.56 Å². The van der Waals surface area contributed by atoms with Crippen molar-refractivity contribution in [1.82, 2.24) is 4.98 Å². The summed E-state index contributed by atoms with van der Waals surface area (Å²) in [5.74, 6) is -0.199. The Morgan fingerprint density at radius 2 is 1.50 bits per heavy atom. The number of phenolic OH excluding ortho intramolecular Hbond substituents is 1. The molecule has 3 aromatic carbocycles. The van der Waals surface area contributed by atoms with Crippen LogP contribution in [0.15, 0.2) is 78.9 Å². The van der Waals surface area contributed by atoms with E-state index in [1.807, 2.05) is 32.0 Å². The van der Waals surface area contributed by atoms with Crippen molar-refractivity contribution in [3.05, 3.63) is 101 Å². The summed E-state index contributed by atoms with van der Waals surface area (Å²) in [6.07, 6.45) is 2.12. The summed E-state index contributed by atoms with van der Waals surface area (Å²) in [5.41, 5.74) is 7.09. The van der Waals surface area contributed by atoms with Gasteiger partial charge in [-0.2, -0.15) is 0 Å². The number of fused-ring (bicyclic) bond motifs is 1. The van der Waals surface area contributed by atoms with Crippen LogP contribution in [-0.4, -0.2) is 26.8 Å². The van der Waals surface area contributed by atoms with Crippen LogP contribution in [0.5, 0.6) is 11.5 Å². The highest BCUT2D eigenvalue weighted by molar-refractivity contribution is 5.89. The van der Waals surface area contributed by atoms with E-state index in [0.717, 1.165) is 33.7 Å². The molecule has 0 saturated heterocycles. The summed E-state index contributed by atoms with van der Waals surface area (Å²) in [6, 6.07) is 22.5. The third-order valence-electron chi connectivity index (χ3n) is 6.03. The number of carbonyl (C=O) groups is 1. The number of carboxylic acid groups (broad SMARTS) is 1. The summed E-state index contributed by atoms with van der Waals surface area (Å²) < 4.78 is 6.18. The first-order chi connectivity index (χ1) is 16.2. The summed E-state index contributed by atoms with van der Waals surface area (Å²) in [4.78, 5) is 14.5. The zero-order valence-corrected chi connectivity index (χ0v) is 19.2. The average molecular weight is 452 g/mol. The largest absolute Gasteiger partial charge is 0.507 e. The molecule has 0 fully saturated rings. The smallest absolute Gasteiger partial charge is 0.335 e. The molecule has 0 atom stereocenters. The molecule has 1 aliphatic heterocycles. The third-order valence-corrected chi connectivity index (χ3v) is 6.03. The van der Waals surface area contributed by atoms with Gasteiger partial charge < -0.3 is 19.9 Å². The van der Waals surface area contributed by atoms with Crippen molar-refractivity contribution in [1.29, 1.82) is 0 Å². The number of aromatic nitrogens is 1. The van der Waals surface area contributed by atoms with Gasteiger partial charge in [0.05, 0.1) is 5.56 Å². The Bertz CT molecular complexity index is 1420. The van der Waals surface area contributed by atoms with Gasteiger partial charge >= 0.3 is 5.97 Å². The highest BCUT2D eigenvalue weighted by Gasteiger charge is 2.29. The standard InChI is InChI=1S/C29H25NO4/c1-17-4-6-18(7-5-17)23-16-29(2,3)34-27-15-26(31)22(14-21(23)27)25-13-12-24(30-25)19-8-10-20(11-9-19)28(32)33/h4-16,30-31H,1-3H3,(H,32,33). The molecule has 3 N–H and O–H groups in total. The average Bonchev–Trinajstić information content (AvgIpc) is 3.28. The second kappa shape index (κ2) is 7.96. The second-order valence-corrected chi connectivity index (χ2v) is 9.16. The first kappa shape index (κ1) is 21.6. The fourth-order valence-electron chi connectivity index (χ4n) is 4.30. The zero-order chi connectivity index (χ0) is 24.0. The molecule has 0 radical (unpaired) electrons. The molecule has 0 bridgehead atoms. The number of aromatic amines is 1. The number of aromatic carboxylic acids is 1. The molecule has 0 spiro atoms. The normalized spacial score (nSPS) is 14.1. The first-order valence-corrected chi connectivity index (χ1v) is 11.1. The molecule has 4 aromatic rings. The number of benzene rings is 3. The topological polar surface area (TPSA) is 82.6 Å². The Hall–Kier alpha value is -4.25. The van der Waals surface area contributed by atoms with Crippen LogP contribution in [0.2, 0.25) is 0 Å². The zero-order valence-electron chi connectivity index (χ0n) is 19.2. The van der Waals surface area contributed by atoms with E-state index in [1.54, 1.807) is 30.3 Å². The summed E-state index contributed by atoms with van der Waals surface area (Å²) >= 11 is 0. The fraction of sp³-hybridized carbons (Fsp3) is 0.138. The van der Waals surface area contributed by atoms with Crippen LogP contribution >= 0.6 is 0 Å². The van der Waals surface area contributed by atoms with Crippen molar-refractivity contribution in [3.8, 4) is 34.0 Å². The van der Waals surface area contributed by atoms with E-state index in [2.05, 4.69) is 42.2 Å². The number of ether oxygens (including phenoxy) is 1. The lowest BCUT2D eigenvalue weighted by Crippen LogP contribution is -2.29. The first-order valence-electron chi connectivity index (χ1n) is 11.1. The predicted octanol–water partition coefficient (Wildman–Crippen LogP) is 6.66. The van der Waals surface area contributed by atoms with Gasteiger partial charge in [-0.15, -0.1) is 0 Å². The summed E-state index contributed by atoms with van der Waals surface area (Å²) in [7, 11) is 0. The van der Waals surface area contributed by atoms with Crippen LogP contribution in [-0.2, 0) is 0 Å². The molecule has 0 unspecified atom stereocenters. The maximum atomic E-state index is 11.1. The molecule has 5 nitrogen and oxygen atoms in total. The Labute approximate surface area is 198 Å². The van der Waals surface area contributed by atoms with Crippen molar-refractivity contribution >= 4 is 11.5 Å². The van der Waals surface area contributed by atoms with Crippen LogP contribution in [0.25, 0.3) is 28.1 Å². The quantitative estimate of drug-likeness (QED) is 0.324. The molecular weight excluding hydrogens is 426 g/mol. The monoisotopic (exact) mass is 451 g/mol. The van der Waals surface area contributed by atoms with E-state index >= 15 is 0 Å². The minimum Gasteiger partial charge on any atom is -0.507 e. The predicted molar refractivity (Wildman–Crippen MR) is 133 cm³/mol. The Balaban J connectivity index is 1.57. The molecule has 1 aromatic heterocycles.